The van der Waals surface area contributed by atoms with Gasteiger partial charge in [0.1, 0.15) is 5.82 Å². The van der Waals surface area contributed by atoms with E-state index in [9.17, 15) is 4.79 Å². The molecule has 0 aliphatic carbocycles. The molecule has 0 spiro atoms. The van der Waals surface area contributed by atoms with Crippen LogP contribution in [0.4, 0.5) is 11.5 Å². The van der Waals surface area contributed by atoms with Gasteiger partial charge in [0, 0.05) is 13.2 Å². The van der Waals surface area contributed by atoms with Crippen LogP contribution < -0.4 is 20.1 Å². The highest BCUT2D eigenvalue weighted by molar-refractivity contribution is 5.91. The highest BCUT2D eigenvalue weighted by Gasteiger charge is 2.07. The lowest BCUT2D eigenvalue weighted by atomic mass is 10.3. The lowest BCUT2D eigenvalue weighted by Gasteiger charge is -2.10. The number of nitrogens with one attached hydrogen (secondary N) is 2. The lowest BCUT2D eigenvalue weighted by Crippen LogP contribution is -2.20. The van der Waals surface area contributed by atoms with Gasteiger partial charge >= 0.3 is 0 Å². The number of aliphatic hydroxyl groups is 1. The molecule has 7 nitrogen and oxygen atoms in total. The maximum absolute atomic E-state index is 11.9. The molecule has 0 saturated heterocycles. The number of anilines is 2. The van der Waals surface area contributed by atoms with Gasteiger partial charge in [-0.3, -0.25) is 4.79 Å². The second-order valence-electron chi connectivity index (χ2n) is 4.92. The molecular formula is C17H21N3O4. The van der Waals surface area contributed by atoms with Crippen LogP contribution in [0.25, 0.3) is 0 Å². The minimum Gasteiger partial charge on any atom is -0.493 e. The summed E-state index contributed by atoms with van der Waals surface area (Å²) in [4.78, 5) is 16.1. The molecule has 1 heterocycles. The standard InChI is InChI=1S/C17H21N3O4/c1-23-14-5-2-3-6-15(14)24-12-17(22)20-13-7-8-16(19-11-13)18-9-4-10-21/h2-3,5-8,11,21H,4,9-10,12H2,1H3,(H,18,19)(H,20,22). The van der Waals surface area contributed by atoms with Gasteiger partial charge in [-0.25, -0.2) is 4.98 Å². The molecule has 0 unspecified atom stereocenters. The van der Waals surface area contributed by atoms with E-state index in [4.69, 9.17) is 14.6 Å². The number of carbonyl (C=O) groups excluding carboxylic acids is 1. The van der Waals surface area contributed by atoms with Gasteiger partial charge in [-0.15, -0.1) is 0 Å². The number of carbonyl (C=O) groups is 1. The van der Waals surface area contributed by atoms with Crippen molar-refractivity contribution in [3.05, 3.63) is 42.6 Å². The summed E-state index contributed by atoms with van der Waals surface area (Å²) in [5.41, 5.74) is 0.580. The van der Waals surface area contributed by atoms with Crippen LogP contribution in [-0.2, 0) is 4.79 Å². The number of nitrogens with zero attached hydrogens (tertiary/aromatic N) is 1. The first-order valence-corrected chi connectivity index (χ1v) is 7.59. The summed E-state index contributed by atoms with van der Waals surface area (Å²) in [6.07, 6.45) is 2.21. The molecule has 0 bridgehead atoms. The van der Waals surface area contributed by atoms with Crippen LogP contribution in [0.1, 0.15) is 6.42 Å². The number of rotatable bonds is 9. The summed E-state index contributed by atoms with van der Waals surface area (Å²) in [7, 11) is 1.55. The monoisotopic (exact) mass is 331 g/mol. The SMILES string of the molecule is COc1ccccc1OCC(=O)Nc1ccc(NCCCO)nc1. The normalized spacial score (nSPS) is 10.1. The minimum absolute atomic E-state index is 0.128. The third-order valence-electron chi connectivity index (χ3n) is 3.12. The van der Waals surface area contributed by atoms with Gasteiger partial charge in [-0.05, 0) is 30.7 Å². The van der Waals surface area contributed by atoms with Crippen LogP contribution in [0.5, 0.6) is 11.5 Å². The molecule has 1 aromatic carbocycles. The average Bonchev–Trinajstić information content (AvgIpc) is 2.62. The predicted octanol–water partition coefficient (Wildman–Crippen LogP) is 1.90. The molecule has 2 rings (SSSR count). The molecule has 0 radical (unpaired) electrons. The highest BCUT2D eigenvalue weighted by atomic mass is 16.5. The molecule has 0 aliphatic heterocycles. The number of para-hydroxylation sites is 2. The van der Waals surface area contributed by atoms with Crippen molar-refractivity contribution in [1.29, 1.82) is 0 Å². The Hall–Kier alpha value is -2.80. The van der Waals surface area contributed by atoms with Gasteiger partial charge in [0.15, 0.2) is 18.1 Å². The van der Waals surface area contributed by atoms with Crippen molar-refractivity contribution in [2.75, 3.05) is 37.5 Å². The second kappa shape index (κ2) is 9.36. The molecular weight excluding hydrogens is 310 g/mol. The summed E-state index contributed by atoms with van der Waals surface area (Å²) < 4.78 is 10.6. The number of pyridine rings is 1. The topological polar surface area (TPSA) is 92.7 Å². The maximum atomic E-state index is 11.9. The number of hydrogen-bond acceptors (Lipinski definition) is 6. The van der Waals surface area contributed by atoms with Gasteiger partial charge in [0.2, 0.25) is 0 Å². The first-order chi connectivity index (χ1) is 11.7. The van der Waals surface area contributed by atoms with E-state index in [0.29, 0.717) is 36.0 Å². The number of amides is 1. The van der Waals surface area contributed by atoms with Gasteiger partial charge in [0.05, 0.1) is 19.0 Å². The summed E-state index contributed by atoms with van der Waals surface area (Å²) in [6, 6.07) is 10.6. The van der Waals surface area contributed by atoms with E-state index in [-0.39, 0.29) is 19.1 Å². The molecule has 1 aromatic heterocycles. The zero-order valence-electron chi connectivity index (χ0n) is 13.5. The van der Waals surface area contributed by atoms with Crippen molar-refractivity contribution in [2.24, 2.45) is 0 Å². The zero-order chi connectivity index (χ0) is 17.2. The van der Waals surface area contributed by atoms with Gasteiger partial charge in [-0.1, -0.05) is 12.1 Å². The van der Waals surface area contributed by atoms with E-state index in [2.05, 4.69) is 15.6 Å². The molecule has 0 atom stereocenters. The van der Waals surface area contributed by atoms with Gasteiger partial charge in [0.25, 0.3) is 5.91 Å². The van der Waals surface area contributed by atoms with Crippen molar-refractivity contribution in [3.63, 3.8) is 0 Å². The summed E-state index contributed by atoms with van der Waals surface area (Å²) in [5, 5.41) is 14.5. The molecule has 24 heavy (non-hydrogen) atoms. The van der Waals surface area contributed by atoms with Crippen molar-refractivity contribution < 1.29 is 19.4 Å². The Balaban J connectivity index is 1.81. The summed E-state index contributed by atoms with van der Waals surface area (Å²) in [6.45, 7) is 0.645. The fourth-order valence-electron chi connectivity index (χ4n) is 1.95. The minimum atomic E-state index is -0.288. The van der Waals surface area contributed by atoms with E-state index in [1.165, 1.54) is 0 Å². The number of aromatic nitrogens is 1. The smallest absolute Gasteiger partial charge is 0.262 e. The van der Waals surface area contributed by atoms with E-state index in [1.54, 1.807) is 37.6 Å². The number of methoxy groups -OCH3 is 1. The molecule has 2 aromatic rings. The molecule has 7 heteroatoms. The largest absolute Gasteiger partial charge is 0.493 e. The van der Waals surface area contributed by atoms with E-state index < -0.39 is 0 Å². The highest BCUT2D eigenvalue weighted by Crippen LogP contribution is 2.25. The van der Waals surface area contributed by atoms with Crippen molar-refractivity contribution >= 4 is 17.4 Å². The Bertz CT molecular complexity index is 647. The second-order valence-corrected chi connectivity index (χ2v) is 4.92. The van der Waals surface area contributed by atoms with E-state index >= 15 is 0 Å². The average molecular weight is 331 g/mol. The Morgan fingerprint density at radius 1 is 1.21 bits per heavy atom. The molecule has 128 valence electrons. The molecule has 3 N–H and O–H groups in total. The van der Waals surface area contributed by atoms with Gasteiger partial charge in [-0.2, -0.15) is 0 Å². The molecule has 1 amide bonds. The van der Waals surface area contributed by atoms with Crippen LogP contribution in [0.15, 0.2) is 42.6 Å². The number of ether oxygens (including phenoxy) is 2. The first kappa shape index (κ1) is 17.6. The van der Waals surface area contributed by atoms with Crippen LogP contribution in [0, 0.1) is 0 Å². The number of aliphatic hydroxyl groups excluding tert-OH is 1. The summed E-state index contributed by atoms with van der Waals surface area (Å²) >= 11 is 0. The first-order valence-electron chi connectivity index (χ1n) is 7.59. The van der Waals surface area contributed by atoms with Crippen molar-refractivity contribution in [1.82, 2.24) is 4.98 Å². The van der Waals surface area contributed by atoms with Crippen LogP contribution >= 0.6 is 0 Å². The maximum Gasteiger partial charge on any atom is 0.262 e. The molecule has 0 saturated carbocycles. The quantitative estimate of drug-likeness (QED) is 0.608. The van der Waals surface area contributed by atoms with E-state index in [1.807, 2.05) is 12.1 Å². The molecule has 0 fully saturated rings. The van der Waals surface area contributed by atoms with Crippen LogP contribution in [-0.4, -0.2) is 42.9 Å². The third kappa shape index (κ3) is 5.44. The number of hydrogen-bond donors (Lipinski definition) is 3. The van der Waals surface area contributed by atoms with Crippen molar-refractivity contribution in [2.45, 2.75) is 6.42 Å². The Labute approximate surface area is 140 Å². The zero-order valence-corrected chi connectivity index (χ0v) is 13.5. The lowest BCUT2D eigenvalue weighted by molar-refractivity contribution is -0.118. The molecule has 0 aliphatic rings. The van der Waals surface area contributed by atoms with Crippen LogP contribution in [0.3, 0.4) is 0 Å². The Morgan fingerprint density at radius 3 is 2.67 bits per heavy atom. The number of benzene rings is 1. The summed E-state index contributed by atoms with van der Waals surface area (Å²) in [5.74, 6) is 1.48. The van der Waals surface area contributed by atoms with Gasteiger partial charge < -0.3 is 25.2 Å². The van der Waals surface area contributed by atoms with Crippen LogP contribution in [0.2, 0.25) is 0 Å². The predicted molar refractivity (Wildman–Crippen MR) is 91.5 cm³/mol. The van der Waals surface area contributed by atoms with E-state index in [0.717, 1.165) is 0 Å². The van der Waals surface area contributed by atoms with Crippen molar-refractivity contribution in [3.8, 4) is 11.5 Å². The Kier molecular flexibility index (Phi) is 6.85. The Morgan fingerprint density at radius 2 is 2.00 bits per heavy atom. The third-order valence-corrected chi connectivity index (χ3v) is 3.12. The fraction of sp³-hybridized carbons (Fsp3) is 0.294. The fourth-order valence-corrected chi connectivity index (χ4v) is 1.95.